The van der Waals surface area contributed by atoms with E-state index in [1.54, 1.807) is 6.92 Å². The van der Waals surface area contributed by atoms with Gasteiger partial charge in [-0.05, 0) is 19.4 Å². The molecule has 0 saturated heterocycles. The molecule has 1 atom stereocenters. The van der Waals surface area contributed by atoms with Crippen molar-refractivity contribution in [3.8, 4) is 0 Å². The summed E-state index contributed by atoms with van der Waals surface area (Å²) in [6.45, 7) is 2.68. The van der Waals surface area contributed by atoms with Crippen LogP contribution in [0.25, 0.3) is 0 Å². The van der Waals surface area contributed by atoms with E-state index in [2.05, 4.69) is 5.32 Å². The Morgan fingerprint density at radius 1 is 1.33 bits per heavy atom. The van der Waals surface area contributed by atoms with Crippen molar-refractivity contribution in [2.24, 2.45) is 0 Å². The van der Waals surface area contributed by atoms with E-state index < -0.39 is 12.7 Å². The average molecular weight is 217 g/mol. The number of nitrogens with one attached hydrogen (secondary N) is 1. The quantitative estimate of drug-likeness (QED) is 0.819. The van der Waals surface area contributed by atoms with Crippen molar-refractivity contribution in [1.82, 2.24) is 5.32 Å². The minimum Gasteiger partial charge on any atom is -0.302 e. The monoisotopic (exact) mass is 217 g/mol. The molecule has 15 heavy (non-hydrogen) atoms. The molecule has 0 bridgehead atoms. The fourth-order valence-electron chi connectivity index (χ4n) is 1.33. The van der Waals surface area contributed by atoms with Gasteiger partial charge in [-0.15, -0.1) is 0 Å². The van der Waals surface area contributed by atoms with Gasteiger partial charge in [0, 0.05) is 6.04 Å². The van der Waals surface area contributed by atoms with Gasteiger partial charge >= 0.3 is 6.18 Å². The van der Waals surface area contributed by atoms with Gasteiger partial charge in [-0.25, -0.2) is 0 Å². The first-order valence-corrected chi connectivity index (χ1v) is 4.75. The summed E-state index contributed by atoms with van der Waals surface area (Å²) in [5.41, 5.74) is 1.92. The van der Waals surface area contributed by atoms with Crippen molar-refractivity contribution >= 4 is 0 Å². The molecule has 0 spiro atoms. The third kappa shape index (κ3) is 4.34. The Kier molecular flexibility index (Phi) is 3.74. The van der Waals surface area contributed by atoms with E-state index in [0.717, 1.165) is 11.1 Å². The summed E-state index contributed by atoms with van der Waals surface area (Å²) in [7, 11) is 0. The normalized spacial score (nSPS) is 13.9. The first-order chi connectivity index (χ1) is 6.88. The Hall–Kier alpha value is -1.03. The average Bonchev–Trinajstić information content (AvgIpc) is 2.13. The summed E-state index contributed by atoms with van der Waals surface area (Å²) in [6, 6.07) is 7.18. The Balaban J connectivity index is 2.58. The first-order valence-electron chi connectivity index (χ1n) is 4.75. The summed E-state index contributed by atoms with van der Waals surface area (Å²) in [5, 5.41) is 2.44. The summed E-state index contributed by atoms with van der Waals surface area (Å²) in [4.78, 5) is 0. The van der Waals surface area contributed by atoms with Crippen molar-refractivity contribution in [2.45, 2.75) is 26.1 Å². The van der Waals surface area contributed by atoms with Gasteiger partial charge in [-0.3, -0.25) is 0 Å². The molecule has 0 saturated carbocycles. The fourth-order valence-corrected chi connectivity index (χ4v) is 1.33. The second-order valence-corrected chi connectivity index (χ2v) is 3.63. The van der Waals surface area contributed by atoms with Crippen LogP contribution in [0.4, 0.5) is 13.2 Å². The highest BCUT2D eigenvalue weighted by molar-refractivity contribution is 5.24. The summed E-state index contributed by atoms with van der Waals surface area (Å²) < 4.78 is 35.8. The number of alkyl halides is 3. The zero-order chi connectivity index (χ0) is 11.5. The topological polar surface area (TPSA) is 12.0 Å². The fraction of sp³-hybridized carbons (Fsp3) is 0.455. The molecule has 4 heteroatoms. The van der Waals surface area contributed by atoms with Gasteiger partial charge < -0.3 is 5.32 Å². The number of halogens is 3. The SMILES string of the molecule is Cc1cccc(C(C)NCC(F)(F)F)c1. The highest BCUT2D eigenvalue weighted by Crippen LogP contribution is 2.17. The molecule has 0 aliphatic heterocycles. The van der Waals surface area contributed by atoms with Gasteiger partial charge in [0.2, 0.25) is 0 Å². The smallest absolute Gasteiger partial charge is 0.302 e. The molecular weight excluding hydrogens is 203 g/mol. The molecule has 1 N–H and O–H groups in total. The molecule has 0 aliphatic carbocycles. The van der Waals surface area contributed by atoms with E-state index in [9.17, 15) is 13.2 Å². The van der Waals surface area contributed by atoms with Gasteiger partial charge in [-0.1, -0.05) is 29.8 Å². The first kappa shape index (κ1) is 12.0. The molecule has 0 amide bonds. The van der Waals surface area contributed by atoms with Crippen LogP contribution in [-0.4, -0.2) is 12.7 Å². The summed E-state index contributed by atoms with van der Waals surface area (Å²) in [5.74, 6) is 0. The number of aryl methyl sites for hydroxylation is 1. The van der Waals surface area contributed by atoms with Crippen LogP contribution in [0, 0.1) is 6.92 Å². The van der Waals surface area contributed by atoms with E-state index in [1.807, 2.05) is 31.2 Å². The third-order valence-electron chi connectivity index (χ3n) is 2.15. The zero-order valence-corrected chi connectivity index (χ0v) is 8.73. The number of hydrogen-bond donors (Lipinski definition) is 1. The van der Waals surface area contributed by atoms with Crippen LogP contribution in [0.2, 0.25) is 0 Å². The van der Waals surface area contributed by atoms with Crippen LogP contribution in [0.3, 0.4) is 0 Å². The lowest BCUT2D eigenvalue weighted by atomic mass is 10.1. The predicted molar refractivity (Wildman–Crippen MR) is 53.7 cm³/mol. The van der Waals surface area contributed by atoms with Crippen LogP contribution in [0.15, 0.2) is 24.3 Å². The van der Waals surface area contributed by atoms with Gasteiger partial charge in [-0.2, -0.15) is 13.2 Å². The zero-order valence-electron chi connectivity index (χ0n) is 8.73. The molecule has 1 aromatic rings. The number of benzene rings is 1. The highest BCUT2D eigenvalue weighted by Gasteiger charge is 2.27. The van der Waals surface area contributed by atoms with Crippen LogP contribution in [0.1, 0.15) is 24.1 Å². The van der Waals surface area contributed by atoms with Gasteiger partial charge in [0.05, 0.1) is 6.54 Å². The van der Waals surface area contributed by atoms with Crippen molar-refractivity contribution in [3.05, 3.63) is 35.4 Å². The van der Waals surface area contributed by atoms with E-state index in [1.165, 1.54) is 0 Å². The van der Waals surface area contributed by atoms with Crippen molar-refractivity contribution < 1.29 is 13.2 Å². The molecule has 1 nitrogen and oxygen atoms in total. The number of hydrogen-bond acceptors (Lipinski definition) is 1. The van der Waals surface area contributed by atoms with E-state index in [-0.39, 0.29) is 6.04 Å². The maximum atomic E-state index is 11.9. The Morgan fingerprint density at radius 3 is 2.53 bits per heavy atom. The lowest BCUT2D eigenvalue weighted by Crippen LogP contribution is -2.30. The molecule has 0 heterocycles. The minimum atomic E-state index is -4.15. The minimum absolute atomic E-state index is 0.286. The van der Waals surface area contributed by atoms with E-state index in [0.29, 0.717) is 0 Å². The highest BCUT2D eigenvalue weighted by atomic mass is 19.4. The van der Waals surface area contributed by atoms with Crippen molar-refractivity contribution in [1.29, 1.82) is 0 Å². The van der Waals surface area contributed by atoms with E-state index >= 15 is 0 Å². The standard InChI is InChI=1S/C11H14F3N/c1-8-4-3-5-10(6-8)9(2)15-7-11(12,13)14/h3-6,9,15H,7H2,1-2H3. The third-order valence-corrected chi connectivity index (χ3v) is 2.15. The lowest BCUT2D eigenvalue weighted by Gasteiger charge is -2.16. The maximum Gasteiger partial charge on any atom is 0.401 e. The molecular formula is C11H14F3N. The second-order valence-electron chi connectivity index (χ2n) is 3.63. The van der Waals surface area contributed by atoms with Crippen LogP contribution < -0.4 is 5.32 Å². The van der Waals surface area contributed by atoms with Crippen LogP contribution in [0.5, 0.6) is 0 Å². The van der Waals surface area contributed by atoms with Gasteiger partial charge in [0.15, 0.2) is 0 Å². The molecule has 0 radical (unpaired) electrons. The molecule has 0 fully saturated rings. The van der Waals surface area contributed by atoms with Crippen molar-refractivity contribution in [2.75, 3.05) is 6.54 Å². The van der Waals surface area contributed by atoms with E-state index in [4.69, 9.17) is 0 Å². The van der Waals surface area contributed by atoms with Gasteiger partial charge in [0.1, 0.15) is 0 Å². The molecule has 84 valence electrons. The van der Waals surface area contributed by atoms with Crippen molar-refractivity contribution in [3.63, 3.8) is 0 Å². The second kappa shape index (κ2) is 4.66. The van der Waals surface area contributed by atoms with Crippen LogP contribution >= 0.6 is 0 Å². The molecule has 0 aliphatic rings. The predicted octanol–water partition coefficient (Wildman–Crippen LogP) is 3.21. The van der Waals surface area contributed by atoms with Gasteiger partial charge in [0.25, 0.3) is 0 Å². The van der Waals surface area contributed by atoms with Crippen LogP contribution in [-0.2, 0) is 0 Å². The molecule has 1 rings (SSSR count). The maximum absolute atomic E-state index is 11.9. The molecule has 1 unspecified atom stereocenters. The Bertz CT molecular complexity index is 320. The largest absolute Gasteiger partial charge is 0.401 e. The summed E-state index contributed by atoms with van der Waals surface area (Å²) >= 11 is 0. The molecule has 1 aromatic carbocycles. The number of rotatable bonds is 3. The Labute approximate surface area is 87.3 Å². The summed E-state index contributed by atoms with van der Waals surface area (Å²) in [6.07, 6.45) is -4.15. The Morgan fingerprint density at radius 2 is 2.00 bits per heavy atom. The molecule has 0 aromatic heterocycles. The lowest BCUT2D eigenvalue weighted by molar-refractivity contribution is -0.126.